The molecule has 2 heterocycles. The summed E-state index contributed by atoms with van der Waals surface area (Å²) in [7, 11) is 0. The third-order valence-electron chi connectivity index (χ3n) is 5.01. The van der Waals surface area contributed by atoms with Gasteiger partial charge >= 0.3 is 11.9 Å². The van der Waals surface area contributed by atoms with Crippen molar-refractivity contribution in [2.24, 2.45) is 0 Å². The van der Waals surface area contributed by atoms with Crippen molar-refractivity contribution in [3.63, 3.8) is 0 Å². The summed E-state index contributed by atoms with van der Waals surface area (Å²) in [6, 6.07) is 10.5. The lowest BCUT2D eigenvalue weighted by molar-refractivity contribution is -0.139. The summed E-state index contributed by atoms with van der Waals surface area (Å²) in [5.74, 6) is -1.22. The summed E-state index contributed by atoms with van der Waals surface area (Å²) >= 11 is 1.88. The standard InChI is InChI=1S/C18H25N3O2S.C4H4O4/c22-17-7-4-8-21(17)15-18(23)20-11-9-19(10-12-20)13-14-24-16-5-2-1-3-6-16;5-3(6)1-2-4(7)8/h1-3,5-6H,4,7-15H2;1-2H,(H,5,6)(H,7,8)/b;2-1-. The molecule has 0 radical (unpaired) electrons. The fraction of sp³-hybridized carbons (Fsp3) is 0.455. The van der Waals surface area contributed by atoms with E-state index in [0.29, 0.717) is 18.6 Å². The van der Waals surface area contributed by atoms with Crippen molar-refractivity contribution in [3.05, 3.63) is 42.5 Å². The summed E-state index contributed by atoms with van der Waals surface area (Å²) in [4.78, 5) is 50.4. The Morgan fingerprint density at radius 3 is 2.09 bits per heavy atom. The van der Waals surface area contributed by atoms with Crippen LogP contribution in [0, 0.1) is 0 Å². The Morgan fingerprint density at radius 1 is 0.938 bits per heavy atom. The highest BCUT2D eigenvalue weighted by atomic mass is 32.2. The Balaban J connectivity index is 0.000000390. The van der Waals surface area contributed by atoms with E-state index in [9.17, 15) is 19.2 Å². The summed E-state index contributed by atoms with van der Waals surface area (Å²) < 4.78 is 0. The van der Waals surface area contributed by atoms with Crippen LogP contribution in [-0.2, 0) is 19.2 Å². The molecule has 0 aliphatic carbocycles. The van der Waals surface area contributed by atoms with Gasteiger partial charge in [-0.3, -0.25) is 14.5 Å². The summed E-state index contributed by atoms with van der Waals surface area (Å²) in [5.41, 5.74) is 0. The lowest BCUT2D eigenvalue weighted by atomic mass is 10.3. The third-order valence-corrected chi connectivity index (χ3v) is 6.00. The van der Waals surface area contributed by atoms with Crippen LogP contribution in [0.4, 0.5) is 0 Å². The van der Waals surface area contributed by atoms with Crippen LogP contribution in [0.2, 0.25) is 0 Å². The van der Waals surface area contributed by atoms with E-state index in [-0.39, 0.29) is 18.4 Å². The van der Waals surface area contributed by atoms with Crippen LogP contribution in [0.5, 0.6) is 0 Å². The van der Waals surface area contributed by atoms with Crippen molar-refractivity contribution < 1.29 is 29.4 Å². The van der Waals surface area contributed by atoms with Crippen molar-refractivity contribution in [1.29, 1.82) is 0 Å². The van der Waals surface area contributed by atoms with Crippen LogP contribution in [0.15, 0.2) is 47.4 Å². The van der Waals surface area contributed by atoms with E-state index in [4.69, 9.17) is 10.2 Å². The number of nitrogens with zero attached hydrogens (tertiary/aromatic N) is 3. The summed E-state index contributed by atoms with van der Waals surface area (Å²) in [6.45, 7) is 5.45. The maximum Gasteiger partial charge on any atom is 0.328 e. The minimum atomic E-state index is -1.26. The van der Waals surface area contributed by atoms with E-state index < -0.39 is 11.9 Å². The lowest BCUT2D eigenvalue weighted by Crippen LogP contribution is -2.51. The van der Waals surface area contributed by atoms with Gasteiger partial charge in [-0.05, 0) is 18.6 Å². The lowest BCUT2D eigenvalue weighted by Gasteiger charge is -2.35. The second-order valence-corrected chi connectivity index (χ2v) is 8.48. The number of carbonyl (C=O) groups is 4. The van der Waals surface area contributed by atoms with Crippen molar-refractivity contribution in [2.45, 2.75) is 17.7 Å². The number of carboxylic acid groups (broad SMARTS) is 2. The molecule has 0 bridgehead atoms. The van der Waals surface area contributed by atoms with E-state index >= 15 is 0 Å². The number of amides is 2. The maximum atomic E-state index is 12.3. The van der Waals surface area contributed by atoms with Crippen LogP contribution in [0.25, 0.3) is 0 Å². The molecule has 10 heteroatoms. The Morgan fingerprint density at radius 2 is 1.56 bits per heavy atom. The number of likely N-dealkylation sites (tertiary alicyclic amines) is 1. The van der Waals surface area contributed by atoms with E-state index in [2.05, 4.69) is 29.2 Å². The molecule has 0 saturated carbocycles. The number of rotatable bonds is 8. The number of aliphatic carboxylic acids is 2. The molecule has 1 aromatic carbocycles. The van der Waals surface area contributed by atoms with Crippen LogP contribution in [0.3, 0.4) is 0 Å². The number of thioether (sulfide) groups is 1. The van der Waals surface area contributed by atoms with Gasteiger partial charge in [-0.1, -0.05) is 18.2 Å². The zero-order chi connectivity index (χ0) is 23.3. The molecule has 0 atom stereocenters. The summed E-state index contributed by atoms with van der Waals surface area (Å²) in [5, 5.41) is 15.6. The molecule has 2 saturated heterocycles. The first-order chi connectivity index (χ1) is 15.3. The topological polar surface area (TPSA) is 118 Å². The second-order valence-electron chi connectivity index (χ2n) is 7.31. The highest BCUT2D eigenvalue weighted by Crippen LogP contribution is 2.17. The first kappa shape index (κ1) is 25.4. The molecule has 32 heavy (non-hydrogen) atoms. The van der Waals surface area contributed by atoms with E-state index in [1.807, 2.05) is 22.7 Å². The molecule has 1 aromatic rings. The van der Waals surface area contributed by atoms with Crippen LogP contribution in [-0.4, -0.2) is 100 Å². The van der Waals surface area contributed by atoms with Gasteiger partial charge in [0.05, 0.1) is 6.54 Å². The van der Waals surface area contributed by atoms with Crippen molar-refractivity contribution in [3.8, 4) is 0 Å². The average Bonchev–Trinajstić information content (AvgIpc) is 3.18. The van der Waals surface area contributed by atoms with Crippen LogP contribution >= 0.6 is 11.8 Å². The largest absolute Gasteiger partial charge is 0.478 e. The minimum absolute atomic E-state index is 0.101. The van der Waals surface area contributed by atoms with Gasteiger partial charge in [-0.25, -0.2) is 9.59 Å². The minimum Gasteiger partial charge on any atom is -0.478 e. The van der Waals surface area contributed by atoms with Gasteiger partial charge in [0.25, 0.3) is 0 Å². The number of carboxylic acids is 2. The van der Waals surface area contributed by atoms with E-state index in [1.165, 1.54) is 4.90 Å². The first-order valence-electron chi connectivity index (χ1n) is 10.4. The Bertz CT molecular complexity index is 793. The van der Waals surface area contributed by atoms with Crippen molar-refractivity contribution in [2.75, 3.05) is 51.6 Å². The van der Waals surface area contributed by atoms with Gasteiger partial charge < -0.3 is 20.0 Å². The average molecular weight is 464 g/mol. The van der Waals surface area contributed by atoms with E-state index in [1.54, 1.807) is 4.90 Å². The number of benzene rings is 1. The molecular weight excluding hydrogens is 434 g/mol. The molecule has 0 spiro atoms. The van der Waals surface area contributed by atoms with E-state index in [0.717, 1.165) is 51.4 Å². The zero-order valence-electron chi connectivity index (χ0n) is 17.9. The molecular formula is C22H29N3O6S. The highest BCUT2D eigenvalue weighted by molar-refractivity contribution is 7.99. The predicted molar refractivity (Wildman–Crippen MR) is 120 cm³/mol. The molecule has 2 fully saturated rings. The molecule has 2 amide bonds. The molecule has 2 N–H and O–H groups in total. The smallest absolute Gasteiger partial charge is 0.328 e. The van der Waals surface area contributed by atoms with Gasteiger partial charge in [0.2, 0.25) is 11.8 Å². The van der Waals surface area contributed by atoms with Gasteiger partial charge in [0.15, 0.2) is 0 Å². The molecule has 174 valence electrons. The number of piperazine rings is 1. The van der Waals surface area contributed by atoms with Crippen LogP contribution < -0.4 is 0 Å². The Kier molecular flexibility index (Phi) is 10.8. The maximum absolute atomic E-state index is 12.3. The first-order valence-corrected chi connectivity index (χ1v) is 11.4. The van der Waals surface area contributed by atoms with Gasteiger partial charge in [0.1, 0.15) is 0 Å². The van der Waals surface area contributed by atoms with Gasteiger partial charge in [-0.15, -0.1) is 11.8 Å². The molecule has 0 unspecified atom stereocenters. The molecule has 3 rings (SSSR count). The molecule has 2 aliphatic heterocycles. The van der Waals surface area contributed by atoms with Gasteiger partial charge in [-0.2, -0.15) is 0 Å². The number of hydrogen-bond acceptors (Lipinski definition) is 6. The Hall–Kier alpha value is -2.85. The monoisotopic (exact) mass is 463 g/mol. The van der Waals surface area contributed by atoms with Crippen molar-refractivity contribution >= 4 is 35.5 Å². The quantitative estimate of drug-likeness (QED) is 0.437. The molecule has 0 aromatic heterocycles. The number of carbonyl (C=O) groups excluding carboxylic acids is 2. The zero-order valence-corrected chi connectivity index (χ0v) is 18.7. The third kappa shape index (κ3) is 9.52. The summed E-state index contributed by atoms with van der Waals surface area (Å²) in [6.07, 6.45) is 2.60. The molecule has 2 aliphatic rings. The molecule has 9 nitrogen and oxygen atoms in total. The predicted octanol–water partition coefficient (Wildman–Crippen LogP) is 1.26. The van der Waals surface area contributed by atoms with Gasteiger partial charge in [0, 0.05) is 68.5 Å². The fourth-order valence-electron chi connectivity index (χ4n) is 3.31. The normalized spacial score (nSPS) is 16.7. The fourth-order valence-corrected chi connectivity index (χ4v) is 4.24. The number of hydrogen-bond donors (Lipinski definition) is 2. The highest BCUT2D eigenvalue weighted by Gasteiger charge is 2.26. The second kappa shape index (κ2) is 13.5. The SMILES string of the molecule is O=C(CN1CCCC1=O)N1CCN(CCSc2ccccc2)CC1.O=C(O)/C=C\C(=O)O. The Labute approximate surface area is 191 Å². The van der Waals surface area contributed by atoms with Crippen molar-refractivity contribution in [1.82, 2.24) is 14.7 Å². The van der Waals surface area contributed by atoms with Crippen LogP contribution in [0.1, 0.15) is 12.8 Å².